The van der Waals surface area contributed by atoms with Crippen LogP contribution in [0.5, 0.6) is 0 Å². The maximum atomic E-state index is 12.6. The molecule has 5 nitrogen and oxygen atoms in total. The molecule has 6 heteroatoms. The number of likely N-dealkylation sites (N-methyl/N-ethyl adjacent to an activating group) is 1. The third kappa shape index (κ3) is 3.49. The van der Waals surface area contributed by atoms with Crippen molar-refractivity contribution in [3.8, 4) is 0 Å². The summed E-state index contributed by atoms with van der Waals surface area (Å²) in [6, 6.07) is 14.9. The molecule has 24 heavy (non-hydrogen) atoms. The number of H-pyrrole nitrogens is 1. The Labute approximate surface area is 147 Å². The van der Waals surface area contributed by atoms with Crippen molar-refractivity contribution in [2.75, 3.05) is 18.9 Å². The lowest BCUT2D eigenvalue weighted by Crippen LogP contribution is -2.34. The van der Waals surface area contributed by atoms with E-state index in [-0.39, 0.29) is 18.4 Å². The van der Waals surface area contributed by atoms with Crippen LogP contribution >= 0.6 is 15.9 Å². The summed E-state index contributed by atoms with van der Waals surface area (Å²) in [6.07, 6.45) is 1.68. The Balaban J connectivity index is 1.69. The Morgan fingerprint density at radius 2 is 1.96 bits per heavy atom. The highest BCUT2D eigenvalue weighted by atomic mass is 79.9. The zero-order chi connectivity index (χ0) is 17.1. The molecule has 0 unspecified atom stereocenters. The number of aromatic nitrogens is 1. The minimum Gasteiger partial charge on any atom is -0.360 e. The van der Waals surface area contributed by atoms with Crippen molar-refractivity contribution in [3.05, 3.63) is 64.8 Å². The first-order chi connectivity index (χ1) is 11.5. The van der Waals surface area contributed by atoms with Crippen LogP contribution in [0.15, 0.2) is 59.2 Å². The van der Waals surface area contributed by atoms with E-state index in [0.29, 0.717) is 11.3 Å². The standard InChI is InChI=1S/C18H16BrN3O2/c1-22(11-17(23)21-13-6-4-5-12(19)9-13)18(24)15-10-20-16-8-3-2-7-14(15)16/h2-10,20H,11H2,1H3,(H,21,23). The summed E-state index contributed by atoms with van der Waals surface area (Å²) in [6.45, 7) is -0.0230. The third-order valence-corrected chi connectivity index (χ3v) is 4.15. The molecule has 0 aliphatic rings. The van der Waals surface area contributed by atoms with Crippen molar-refractivity contribution in [2.45, 2.75) is 0 Å². The maximum absolute atomic E-state index is 12.6. The van der Waals surface area contributed by atoms with Crippen LogP contribution in [0.2, 0.25) is 0 Å². The number of amides is 2. The second-order valence-corrected chi connectivity index (χ2v) is 6.38. The number of hydrogen-bond acceptors (Lipinski definition) is 2. The number of para-hydroxylation sites is 1. The van der Waals surface area contributed by atoms with Crippen molar-refractivity contribution in [2.24, 2.45) is 0 Å². The lowest BCUT2D eigenvalue weighted by Gasteiger charge is -2.16. The molecule has 0 bridgehead atoms. The van der Waals surface area contributed by atoms with Crippen molar-refractivity contribution in [1.82, 2.24) is 9.88 Å². The molecule has 122 valence electrons. The normalized spacial score (nSPS) is 10.6. The van der Waals surface area contributed by atoms with Crippen LogP contribution < -0.4 is 5.32 Å². The van der Waals surface area contributed by atoms with Crippen molar-refractivity contribution < 1.29 is 9.59 Å². The van der Waals surface area contributed by atoms with E-state index in [9.17, 15) is 9.59 Å². The third-order valence-electron chi connectivity index (χ3n) is 3.66. The van der Waals surface area contributed by atoms with Crippen LogP contribution in [-0.2, 0) is 4.79 Å². The van der Waals surface area contributed by atoms with Crippen molar-refractivity contribution in [1.29, 1.82) is 0 Å². The topological polar surface area (TPSA) is 65.2 Å². The number of carbonyl (C=O) groups excluding carboxylic acids is 2. The highest BCUT2D eigenvalue weighted by Crippen LogP contribution is 2.19. The van der Waals surface area contributed by atoms with Crippen molar-refractivity contribution >= 4 is 44.3 Å². The van der Waals surface area contributed by atoms with Gasteiger partial charge in [0.05, 0.1) is 12.1 Å². The van der Waals surface area contributed by atoms with E-state index in [4.69, 9.17) is 0 Å². The van der Waals surface area contributed by atoms with E-state index in [1.54, 1.807) is 25.4 Å². The van der Waals surface area contributed by atoms with E-state index < -0.39 is 0 Å². The number of anilines is 1. The SMILES string of the molecule is CN(CC(=O)Nc1cccc(Br)c1)C(=O)c1c[nH]c2ccccc12. The van der Waals surface area contributed by atoms with Crippen LogP contribution in [0.1, 0.15) is 10.4 Å². The van der Waals surface area contributed by atoms with E-state index in [1.165, 1.54) is 4.90 Å². The molecule has 2 aromatic carbocycles. The van der Waals surface area contributed by atoms with Gasteiger partial charge in [0.1, 0.15) is 0 Å². The number of fused-ring (bicyclic) bond motifs is 1. The molecule has 0 saturated heterocycles. The predicted molar refractivity (Wildman–Crippen MR) is 98.0 cm³/mol. The van der Waals surface area contributed by atoms with Gasteiger partial charge >= 0.3 is 0 Å². The molecule has 0 saturated carbocycles. The number of hydrogen-bond donors (Lipinski definition) is 2. The number of aromatic amines is 1. The Bertz CT molecular complexity index is 904. The molecule has 2 N–H and O–H groups in total. The van der Waals surface area contributed by atoms with E-state index in [2.05, 4.69) is 26.2 Å². The zero-order valence-electron chi connectivity index (χ0n) is 13.0. The lowest BCUT2D eigenvalue weighted by atomic mass is 10.1. The predicted octanol–water partition coefficient (Wildman–Crippen LogP) is 3.64. The summed E-state index contributed by atoms with van der Waals surface area (Å²) < 4.78 is 0.878. The van der Waals surface area contributed by atoms with E-state index in [1.807, 2.05) is 36.4 Å². The molecule has 0 aliphatic carbocycles. The monoisotopic (exact) mass is 385 g/mol. The van der Waals surface area contributed by atoms with Crippen LogP contribution in [-0.4, -0.2) is 35.3 Å². The number of carbonyl (C=O) groups is 2. The zero-order valence-corrected chi connectivity index (χ0v) is 14.6. The van der Waals surface area contributed by atoms with Crippen LogP contribution in [0.25, 0.3) is 10.9 Å². The van der Waals surface area contributed by atoms with Gasteiger partial charge in [0.2, 0.25) is 5.91 Å². The first kappa shape index (κ1) is 16.3. The summed E-state index contributed by atoms with van der Waals surface area (Å²) in [5, 5.41) is 3.63. The second kappa shape index (κ2) is 6.88. The second-order valence-electron chi connectivity index (χ2n) is 5.47. The molecule has 1 heterocycles. The molecule has 0 spiro atoms. The van der Waals surface area contributed by atoms with Gasteiger partial charge in [-0.1, -0.05) is 40.2 Å². The Kier molecular flexibility index (Phi) is 4.66. The smallest absolute Gasteiger partial charge is 0.256 e. The van der Waals surface area contributed by atoms with Crippen LogP contribution in [0.4, 0.5) is 5.69 Å². The number of rotatable bonds is 4. The fraction of sp³-hybridized carbons (Fsp3) is 0.111. The molecule has 0 atom stereocenters. The van der Waals surface area contributed by atoms with E-state index in [0.717, 1.165) is 15.4 Å². The highest BCUT2D eigenvalue weighted by molar-refractivity contribution is 9.10. The molecule has 1 aromatic heterocycles. The van der Waals surface area contributed by atoms with Gasteiger partial charge in [-0.3, -0.25) is 9.59 Å². The maximum Gasteiger partial charge on any atom is 0.256 e. The minimum absolute atomic E-state index is 0.0230. The molecule has 0 radical (unpaired) electrons. The van der Waals surface area contributed by atoms with Gasteiger partial charge in [0.25, 0.3) is 5.91 Å². The fourth-order valence-electron chi connectivity index (χ4n) is 2.51. The minimum atomic E-state index is -0.246. The van der Waals surface area contributed by atoms with E-state index >= 15 is 0 Å². The first-order valence-electron chi connectivity index (χ1n) is 7.41. The number of benzene rings is 2. The van der Waals surface area contributed by atoms with Gasteiger partial charge in [-0.05, 0) is 24.3 Å². The Morgan fingerprint density at radius 1 is 1.17 bits per heavy atom. The highest BCUT2D eigenvalue weighted by Gasteiger charge is 2.18. The molecule has 0 aliphatic heterocycles. The summed E-state index contributed by atoms with van der Waals surface area (Å²) >= 11 is 3.36. The fourth-order valence-corrected chi connectivity index (χ4v) is 2.91. The summed E-state index contributed by atoms with van der Waals surface area (Å²) in [4.78, 5) is 29.2. The van der Waals surface area contributed by atoms with Gasteiger partial charge in [-0.15, -0.1) is 0 Å². The average Bonchev–Trinajstić information content (AvgIpc) is 2.98. The molecule has 3 rings (SSSR count). The van der Waals surface area contributed by atoms with Crippen LogP contribution in [0, 0.1) is 0 Å². The summed E-state index contributed by atoms with van der Waals surface area (Å²) in [7, 11) is 1.62. The number of nitrogens with zero attached hydrogens (tertiary/aromatic N) is 1. The molecular formula is C18H16BrN3O2. The largest absolute Gasteiger partial charge is 0.360 e. The summed E-state index contributed by atoms with van der Waals surface area (Å²) in [5.41, 5.74) is 2.14. The molecular weight excluding hydrogens is 370 g/mol. The van der Waals surface area contributed by atoms with Gasteiger partial charge in [-0.25, -0.2) is 0 Å². The lowest BCUT2D eigenvalue weighted by molar-refractivity contribution is -0.116. The number of halogens is 1. The van der Waals surface area contributed by atoms with Crippen molar-refractivity contribution in [3.63, 3.8) is 0 Å². The van der Waals surface area contributed by atoms with Gasteiger partial charge in [0, 0.05) is 34.3 Å². The molecule has 3 aromatic rings. The van der Waals surface area contributed by atoms with Gasteiger partial charge in [-0.2, -0.15) is 0 Å². The Morgan fingerprint density at radius 3 is 2.75 bits per heavy atom. The van der Waals surface area contributed by atoms with Crippen LogP contribution in [0.3, 0.4) is 0 Å². The molecule has 0 fully saturated rings. The first-order valence-corrected chi connectivity index (χ1v) is 8.21. The summed E-state index contributed by atoms with van der Waals surface area (Å²) in [5.74, 6) is -0.444. The van der Waals surface area contributed by atoms with Gasteiger partial charge in [0.15, 0.2) is 0 Å². The average molecular weight is 386 g/mol. The Hall–Kier alpha value is -2.60. The molecule has 2 amide bonds. The quantitative estimate of drug-likeness (QED) is 0.719. The number of nitrogens with one attached hydrogen (secondary N) is 2. The van der Waals surface area contributed by atoms with Gasteiger partial charge < -0.3 is 15.2 Å².